The van der Waals surface area contributed by atoms with Gasteiger partial charge in [-0.2, -0.15) is 0 Å². The fraction of sp³-hybridized carbons (Fsp3) is 0.750. The number of hydrogen-bond donors (Lipinski definition) is 2. The number of aliphatic hydroxyl groups is 1. The summed E-state index contributed by atoms with van der Waals surface area (Å²) in [6.07, 6.45) is -0.901. The lowest BCUT2D eigenvalue weighted by molar-refractivity contribution is -0.151. The van der Waals surface area contributed by atoms with E-state index in [9.17, 15) is 19.5 Å². The summed E-state index contributed by atoms with van der Waals surface area (Å²) in [7, 11) is 1.21. The third kappa shape index (κ3) is 3.08. The van der Waals surface area contributed by atoms with E-state index < -0.39 is 36.2 Å². The maximum absolute atomic E-state index is 12.5. The minimum Gasteiger partial charge on any atom is -0.480 e. The summed E-state index contributed by atoms with van der Waals surface area (Å²) in [6, 6.07) is -2.59. The van der Waals surface area contributed by atoms with Crippen LogP contribution in [0.15, 0.2) is 0 Å². The standard InChI is InChI=1S/C12H18N2O7/c1-20-11(18)9-6-21-3-2-13(9)12(19)14-5-7(15)4-8(14)10(16)17/h7-9,15H,2-6H2,1H3,(H,16,17)/t7-,8+,9?/m1/s1. The van der Waals surface area contributed by atoms with Crippen LogP contribution in [0.5, 0.6) is 0 Å². The van der Waals surface area contributed by atoms with E-state index in [1.807, 2.05) is 0 Å². The molecule has 3 atom stereocenters. The zero-order valence-electron chi connectivity index (χ0n) is 11.6. The van der Waals surface area contributed by atoms with Gasteiger partial charge in [-0.3, -0.25) is 0 Å². The molecule has 21 heavy (non-hydrogen) atoms. The van der Waals surface area contributed by atoms with Gasteiger partial charge < -0.3 is 29.5 Å². The number of morpholine rings is 1. The Morgan fingerprint density at radius 1 is 1.24 bits per heavy atom. The van der Waals surface area contributed by atoms with Crippen LogP contribution >= 0.6 is 0 Å². The van der Waals surface area contributed by atoms with Crippen molar-refractivity contribution < 1.29 is 34.1 Å². The predicted molar refractivity (Wildman–Crippen MR) is 67.5 cm³/mol. The number of ether oxygens (including phenoxy) is 2. The monoisotopic (exact) mass is 302 g/mol. The van der Waals surface area contributed by atoms with Gasteiger partial charge >= 0.3 is 18.0 Å². The van der Waals surface area contributed by atoms with E-state index >= 15 is 0 Å². The zero-order chi connectivity index (χ0) is 15.6. The molecule has 0 aliphatic carbocycles. The van der Waals surface area contributed by atoms with Gasteiger partial charge in [0, 0.05) is 19.5 Å². The first-order chi connectivity index (χ1) is 9.95. The van der Waals surface area contributed by atoms with Gasteiger partial charge in [-0.05, 0) is 0 Å². The van der Waals surface area contributed by atoms with Crippen LogP contribution in [-0.2, 0) is 19.1 Å². The lowest BCUT2D eigenvalue weighted by Crippen LogP contribution is -2.58. The highest BCUT2D eigenvalue weighted by atomic mass is 16.5. The Balaban J connectivity index is 2.16. The highest BCUT2D eigenvalue weighted by molar-refractivity contribution is 5.87. The second-order valence-corrected chi connectivity index (χ2v) is 4.99. The van der Waals surface area contributed by atoms with E-state index in [4.69, 9.17) is 9.84 Å². The van der Waals surface area contributed by atoms with E-state index in [0.717, 1.165) is 4.90 Å². The summed E-state index contributed by atoms with van der Waals surface area (Å²) in [6.45, 7) is 0.360. The molecular weight excluding hydrogens is 284 g/mol. The van der Waals surface area contributed by atoms with Gasteiger partial charge in [-0.1, -0.05) is 0 Å². The number of carbonyl (C=O) groups excluding carboxylic acids is 2. The fourth-order valence-electron chi connectivity index (χ4n) is 2.59. The lowest BCUT2D eigenvalue weighted by Gasteiger charge is -2.37. The first-order valence-electron chi connectivity index (χ1n) is 6.59. The van der Waals surface area contributed by atoms with Crippen LogP contribution < -0.4 is 0 Å². The average Bonchev–Trinajstić information content (AvgIpc) is 2.88. The molecule has 2 amide bonds. The topological polar surface area (TPSA) is 117 Å². The third-order valence-electron chi connectivity index (χ3n) is 3.66. The highest BCUT2D eigenvalue weighted by Crippen LogP contribution is 2.22. The van der Waals surface area contributed by atoms with Crippen molar-refractivity contribution in [2.24, 2.45) is 0 Å². The SMILES string of the molecule is COC(=O)C1COCCN1C(=O)N1C[C@H](O)C[C@H]1C(=O)O. The molecule has 9 heteroatoms. The Morgan fingerprint density at radius 3 is 2.57 bits per heavy atom. The molecule has 0 aromatic rings. The summed E-state index contributed by atoms with van der Waals surface area (Å²) in [5.74, 6) is -1.79. The quantitative estimate of drug-likeness (QED) is 0.596. The van der Waals surface area contributed by atoms with Gasteiger partial charge in [-0.15, -0.1) is 0 Å². The Kier molecular flexibility index (Phi) is 4.63. The molecular formula is C12H18N2O7. The van der Waals surface area contributed by atoms with Crippen LogP contribution in [-0.4, -0.2) is 89.6 Å². The molecule has 1 unspecified atom stereocenters. The van der Waals surface area contributed by atoms with Crippen molar-refractivity contribution in [2.45, 2.75) is 24.6 Å². The van der Waals surface area contributed by atoms with Crippen molar-refractivity contribution in [2.75, 3.05) is 33.4 Å². The maximum Gasteiger partial charge on any atom is 0.331 e. The Bertz CT molecular complexity index is 441. The molecule has 0 aromatic heterocycles. The van der Waals surface area contributed by atoms with Gasteiger partial charge in [0.1, 0.15) is 6.04 Å². The van der Waals surface area contributed by atoms with Crippen LogP contribution in [0.4, 0.5) is 4.79 Å². The smallest absolute Gasteiger partial charge is 0.331 e. The molecule has 0 bridgehead atoms. The number of esters is 1. The Hall–Kier alpha value is -1.87. The van der Waals surface area contributed by atoms with Crippen molar-refractivity contribution in [1.29, 1.82) is 0 Å². The Morgan fingerprint density at radius 2 is 1.95 bits per heavy atom. The molecule has 2 rings (SSSR count). The summed E-state index contributed by atoms with van der Waals surface area (Å²) >= 11 is 0. The summed E-state index contributed by atoms with van der Waals surface area (Å²) < 4.78 is 9.80. The van der Waals surface area contributed by atoms with Gasteiger partial charge in [0.2, 0.25) is 0 Å². The summed E-state index contributed by atoms with van der Waals surface area (Å²) in [5.41, 5.74) is 0. The predicted octanol–water partition coefficient (Wildman–Crippen LogP) is -1.50. The van der Waals surface area contributed by atoms with Crippen molar-refractivity contribution in [1.82, 2.24) is 9.80 Å². The molecule has 2 aliphatic heterocycles. The van der Waals surface area contributed by atoms with Gasteiger partial charge in [0.15, 0.2) is 6.04 Å². The van der Waals surface area contributed by atoms with E-state index in [-0.39, 0.29) is 32.7 Å². The van der Waals surface area contributed by atoms with Crippen LogP contribution in [0.25, 0.3) is 0 Å². The largest absolute Gasteiger partial charge is 0.480 e. The first-order valence-corrected chi connectivity index (χ1v) is 6.59. The Labute approximate surface area is 121 Å². The second-order valence-electron chi connectivity index (χ2n) is 4.99. The number of likely N-dealkylation sites (tertiary alicyclic amines) is 1. The molecule has 0 aromatic carbocycles. The number of nitrogens with zero attached hydrogens (tertiary/aromatic N) is 2. The number of carboxylic acid groups (broad SMARTS) is 1. The van der Waals surface area contributed by atoms with E-state index in [2.05, 4.69) is 4.74 Å². The number of amides is 2. The van der Waals surface area contributed by atoms with Crippen molar-refractivity contribution in [3.8, 4) is 0 Å². The lowest BCUT2D eigenvalue weighted by atomic mass is 10.2. The molecule has 0 spiro atoms. The molecule has 0 radical (unpaired) electrons. The van der Waals surface area contributed by atoms with Gasteiger partial charge in [0.05, 0.1) is 26.4 Å². The summed E-state index contributed by atoms with van der Waals surface area (Å²) in [4.78, 5) is 37.7. The minimum atomic E-state index is -1.18. The number of rotatable bonds is 2. The normalized spacial score (nSPS) is 29.3. The molecule has 2 N–H and O–H groups in total. The van der Waals surface area contributed by atoms with Crippen LogP contribution in [0.2, 0.25) is 0 Å². The molecule has 0 saturated carbocycles. The number of urea groups is 1. The van der Waals surface area contributed by atoms with E-state index in [0.29, 0.717) is 0 Å². The van der Waals surface area contributed by atoms with Crippen LogP contribution in [0, 0.1) is 0 Å². The molecule has 2 aliphatic rings. The maximum atomic E-state index is 12.5. The molecule has 2 saturated heterocycles. The average molecular weight is 302 g/mol. The number of hydrogen-bond acceptors (Lipinski definition) is 6. The van der Waals surface area contributed by atoms with Gasteiger partial charge in [0.25, 0.3) is 0 Å². The highest BCUT2D eigenvalue weighted by Gasteiger charge is 2.44. The molecule has 9 nitrogen and oxygen atoms in total. The van der Waals surface area contributed by atoms with Crippen molar-refractivity contribution >= 4 is 18.0 Å². The number of carbonyl (C=O) groups is 3. The van der Waals surface area contributed by atoms with Crippen molar-refractivity contribution in [3.63, 3.8) is 0 Å². The third-order valence-corrected chi connectivity index (χ3v) is 3.66. The number of methoxy groups -OCH3 is 1. The van der Waals surface area contributed by atoms with E-state index in [1.54, 1.807) is 0 Å². The van der Waals surface area contributed by atoms with Gasteiger partial charge in [-0.25, -0.2) is 14.4 Å². The number of carboxylic acids is 1. The van der Waals surface area contributed by atoms with Crippen LogP contribution in [0.3, 0.4) is 0 Å². The number of β-amino-alcohol motifs (C(OH)–C–C–N with tert-alkyl or cyclic N) is 1. The second kappa shape index (κ2) is 6.27. The summed E-state index contributed by atoms with van der Waals surface area (Å²) in [5, 5.41) is 18.7. The molecule has 2 fully saturated rings. The molecule has 2 heterocycles. The fourth-order valence-corrected chi connectivity index (χ4v) is 2.59. The zero-order valence-corrected chi connectivity index (χ0v) is 11.6. The van der Waals surface area contributed by atoms with E-state index in [1.165, 1.54) is 12.0 Å². The minimum absolute atomic E-state index is 0.00649. The van der Waals surface area contributed by atoms with Crippen LogP contribution in [0.1, 0.15) is 6.42 Å². The number of aliphatic hydroxyl groups excluding tert-OH is 1. The number of aliphatic carboxylic acids is 1. The van der Waals surface area contributed by atoms with Crippen molar-refractivity contribution in [3.05, 3.63) is 0 Å². The first kappa shape index (κ1) is 15.5. The molecule has 118 valence electrons.